The minimum absolute atomic E-state index is 0.322. The van der Waals surface area contributed by atoms with Gasteiger partial charge in [-0.25, -0.2) is 4.39 Å². The molecule has 0 aliphatic carbocycles. The van der Waals surface area contributed by atoms with Gasteiger partial charge >= 0.3 is 0 Å². The monoisotopic (exact) mass is 429 g/mol. The Hall–Kier alpha value is -0.380. The molecule has 0 amide bonds. The van der Waals surface area contributed by atoms with Gasteiger partial charge in [-0.05, 0) is 40.8 Å². The van der Waals surface area contributed by atoms with Crippen LogP contribution in [-0.2, 0) is 0 Å². The van der Waals surface area contributed by atoms with Gasteiger partial charge in [0.15, 0.2) is 0 Å². The molecular weight excluding hydrogens is 423 g/mol. The van der Waals surface area contributed by atoms with Crippen LogP contribution < -0.4 is 5.73 Å². The molecular formula is C9H6FI2N3. The lowest BCUT2D eigenvalue weighted by molar-refractivity contribution is 0.632. The van der Waals surface area contributed by atoms with E-state index < -0.39 is 0 Å². The number of benzene rings is 1. The minimum atomic E-state index is -0.322. The quantitative estimate of drug-likeness (QED) is 0.560. The first-order chi connectivity index (χ1) is 7.09. The number of nitrogens with two attached hydrogens (primary N) is 1. The van der Waals surface area contributed by atoms with E-state index in [1.54, 1.807) is 21.2 Å². The van der Waals surface area contributed by atoms with E-state index in [1.807, 2.05) is 22.9 Å². The van der Waals surface area contributed by atoms with Crippen LogP contribution in [0.2, 0.25) is 0 Å². The Morgan fingerprint density at radius 1 is 1.33 bits per heavy atom. The molecule has 0 unspecified atom stereocenters. The highest BCUT2D eigenvalue weighted by atomic mass is 127. The summed E-state index contributed by atoms with van der Waals surface area (Å²) in [7, 11) is 0. The van der Waals surface area contributed by atoms with Crippen LogP contribution in [0.3, 0.4) is 0 Å². The van der Waals surface area contributed by atoms with Crippen molar-refractivity contribution in [1.82, 2.24) is 7.99 Å². The number of hydrogen-bond acceptors (Lipinski definition) is 2. The van der Waals surface area contributed by atoms with Crippen molar-refractivity contribution in [3.8, 4) is 11.1 Å². The number of halogens is 3. The van der Waals surface area contributed by atoms with Crippen molar-refractivity contribution in [2.45, 2.75) is 0 Å². The Bertz CT molecular complexity index is 510. The Morgan fingerprint density at radius 2 is 2.07 bits per heavy atom. The van der Waals surface area contributed by atoms with E-state index >= 15 is 0 Å². The zero-order chi connectivity index (χ0) is 11.0. The average molecular weight is 429 g/mol. The summed E-state index contributed by atoms with van der Waals surface area (Å²) in [6, 6.07) is 4.66. The smallest absolute Gasteiger partial charge is 0.133 e. The fraction of sp³-hybridized carbons (Fsp3) is 0. The molecule has 0 saturated heterocycles. The van der Waals surface area contributed by atoms with Gasteiger partial charge in [0.1, 0.15) is 9.52 Å². The van der Waals surface area contributed by atoms with Gasteiger partial charge < -0.3 is 5.73 Å². The van der Waals surface area contributed by atoms with Crippen molar-refractivity contribution in [3.63, 3.8) is 0 Å². The van der Waals surface area contributed by atoms with E-state index in [2.05, 4.69) is 27.7 Å². The summed E-state index contributed by atoms with van der Waals surface area (Å²) >= 11 is 4.17. The lowest BCUT2D eigenvalue weighted by Gasteiger charge is -2.02. The topological polar surface area (TPSA) is 43.8 Å². The summed E-state index contributed by atoms with van der Waals surface area (Å²) in [5, 5.41) is 4.05. The fourth-order valence-corrected chi connectivity index (χ4v) is 2.18. The minimum Gasteiger partial charge on any atom is -0.399 e. The van der Waals surface area contributed by atoms with E-state index in [9.17, 15) is 4.39 Å². The van der Waals surface area contributed by atoms with Crippen LogP contribution in [0.4, 0.5) is 10.1 Å². The molecule has 0 spiro atoms. The summed E-state index contributed by atoms with van der Waals surface area (Å²) in [4.78, 5) is 0. The van der Waals surface area contributed by atoms with Crippen LogP contribution in [0.15, 0.2) is 24.4 Å². The van der Waals surface area contributed by atoms with Crippen LogP contribution in [0.5, 0.6) is 0 Å². The molecule has 0 radical (unpaired) electrons. The fourth-order valence-electron chi connectivity index (χ4n) is 1.24. The normalized spacial score (nSPS) is 10.6. The molecule has 0 bridgehead atoms. The van der Waals surface area contributed by atoms with Crippen LogP contribution in [0, 0.1) is 9.52 Å². The maximum absolute atomic E-state index is 13.6. The summed E-state index contributed by atoms with van der Waals surface area (Å²) in [6.07, 6.45) is 1.64. The second kappa shape index (κ2) is 4.24. The molecule has 2 aromatic rings. The van der Waals surface area contributed by atoms with Crippen molar-refractivity contribution in [2.75, 3.05) is 5.73 Å². The van der Waals surface area contributed by atoms with E-state index in [4.69, 9.17) is 5.73 Å². The first kappa shape index (κ1) is 11.1. The maximum Gasteiger partial charge on any atom is 0.133 e. The summed E-state index contributed by atoms with van der Waals surface area (Å²) in [5.74, 6) is -0.322. The Labute approximate surface area is 113 Å². The third-order valence-corrected chi connectivity index (χ3v) is 4.65. The molecule has 78 valence electrons. The van der Waals surface area contributed by atoms with Gasteiger partial charge in [0, 0.05) is 16.8 Å². The van der Waals surface area contributed by atoms with Crippen molar-refractivity contribution in [1.29, 1.82) is 0 Å². The van der Waals surface area contributed by atoms with Crippen LogP contribution in [0.25, 0.3) is 11.1 Å². The number of aromatic nitrogens is 2. The van der Waals surface area contributed by atoms with Gasteiger partial charge in [-0.15, -0.1) is 0 Å². The van der Waals surface area contributed by atoms with Gasteiger partial charge in [0.25, 0.3) is 0 Å². The number of hydrogen-bond donors (Lipinski definition) is 1. The summed E-state index contributed by atoms with van der Waals surface area (Å²) in [5.41, 5.74) is 7.21. The van der Waals surface area contributed by atoms with E-state index in [-0.39, 0.29) is 5.82 Å². The highest BCUT2D eigenvalue weighted by Gasteiger charge is 2.12. The number of nitrogen functional groups attached to an aromatic ring is 1. The average Bonchev–Trinajstić information content (AvgIpc) is 2.49. The molecule has 0 fully saturated rings. The molecule has 1 heterocycles. The van der Waals surface area contributed by atoms with Crippen LogP contribution >= 0.6 is 45.5 Å². The number of rotatable bonds is 1. The highest BCUT2D eigenvalue weighted by Crippen LogP contribution is 2.29. The van der Waals surface area contributed by atoms with E-state index in [0.717, 1.165) is 9.26 Å². The van der Waals surface area contributed by atoms with Gasteiger partial charge in [-0.2, -0.15) is 7.99 Å². The molecule has 2 N–H and O–H groups in total. The molecule has 1 aromatic carbocycles. The predicted octanol–water partition coefficient (Wildman–Crippen LogP) is 3.07. The maximum atomic E-state index is 13.6. The Balaban J connectivity index is 2.59. The standard InChI is InChI=1S/C9H6FI2N3/c10-8-3-5(13)1-2-6(8)7-4-14-15(12)9(7)11/h1-4H,13H2. The van der Waals surface area contributed by atoms with Crippen LogP contribution in [0.1, 0.15) is 0 Å². The van der Waals surface area contributed by atoms with Gasteiger partial charge in [-0.3, -0.25) is 0 Å². The SMILES string of the molecule is Nc1ccc(-c2cnn(I)c2I)c(F)c1. The third-order valence-electron chi connectivity index (χ3n) is 1.96. The third kappa shape index (κ3) is 2.10. The van der Waals surface area contributed by atoms with Gasteiger partial charge in [-0.1, -0.05) is 0 Å². The zero-order valence-electron chi connectivity index (χ0n) is 7.42. The number of anilines is 1. The highest BCUT2D eigenvalue weighted by molar-refractivity contribution is 14.1. The molecule has 1 aromatic heterocycles. The van der Waals surface area contributed by atoms with Crippen molar-refractivity contribution in [3.05, 3.63) is 33.9 Å². The first-order valence-electron chi connectivity index (χ1n) is 4.04. The number of nitrogens with zero attached hydrogens (tertiary/aromatic N) is 2. The molecule has 0 saturated carbocycles. The van der Waals surface area contributed by atoms with Gasteiger partial charge in [0.05, 0.1) is 29.1 Å². The lowest BCUT2D eigenvalue weighted by Crippen LogP contribution is -1.90. The molecule has 6 heteroatoms. The molecule has 3 nitrogen and oxygen atoms in total. The second-order valence-corrected chi connectivity index (χ2v) is 4.88. The largest absolute Gasteiger partial charge is 0.399 e. The van der Waals surface area contributed by atoms with Crippen LogP contribution in [-0.4, -0.2) is 7.99 Å². The Kier molecular flexibility index (Phi) is 3.14. The molecule has 2 rings (SSSR count). The molecule has 0 aliphatic heterocycles. The van der Waals surface area contributed by atoms with Crippen molar-refractivity contribution >= 4 is 51.1 Å². The van der Waals surface area contributed by atoms with E-state index in [0.29, 0.717) is 11.3 Å². The zero-order valence-corrected chi connectivity index (χ0v) is 11.7. The first-order valence-corrected chi connectivity index (χ1v) is 6.09. The van der Waals surface area contributed by atoms with Crippen molar-refractivity contribution in [2.24, 2.45) is 0 Å². The van der Waals surface area contributed by atoms with E-state index in [1.165, 1.54) is 6.07 Å². The summed E-state index contributed by atoms with van der Waals surface area (Å²) < 4.78 is 16.2. The summed E-state index contributed by atoms with van der Waals surface area (Å²) in [6.45, 7) is 0. The predicted molar refractivity (Wildman–Crippen MR) is 74.2 cm³/mol. The second-order valence-electron chi connectivity index (χ2n) is 2.95. The Morgan fingerprint density at radius 3 is 2.60 bits per heavy atom. The molecule has 0 atom stereocenters. The van der Waals surface area contributed by atoms with Crippen molar-refractivity contribution < 1.29 is 4.39 Å². The lowest BCUT2D eigenvalue weighted by atomic mass is 10.1. The molecule has 15 heavy (non-hydrogen) atoms. The molecule has 0 aliphatic rings. The van der Waals surface area contributed by atoms with Gasteiger partial charge in [0.2, 0.25) is 0 Å².